The molecule has 2 heterocycles. The Morgan fingerprint density at radius 1 is 0.920 bits per heavy atom. The lowest BCUT2D eigenvalue weighted by molar-refractivity contribution is -0.165. The molecule has 1 unspecified atom stereocenters. The molecule has 0 aromatic heterocycles. The third-order valence-corrected chi connectivity index (χ3v) is 4.92. The Bertz CT molecular complexity index is 698. The Morgan fingerprint density at radius 3 is 1.96 bits per heavy atom. The average molecular weight is 340 g/mol. The van der Waals surface area contributed by atoms with E-state index in [1.165, 1.54) is 11.1 Å². The van der Waals surface area contributed by atoms with Crippen molar-refractivity contribution in [3.8, 4) is 11.5 Å². The summed E-state index contributed by atoms with van der Waals surface area (Å²) < 4.78 is 21.9. The van der Waals surface area contributed by atoms with Gasteiger partial charge in [-0.15, -0.1) is 0 Å². The topological polar surface area (TPSA) is 40.2 Å². The molecule has 0 spiro atoms. The van der Waals surface area contributed by atoms with Crippen molar-refractivity contribution in [2.75, 3.05) is 19.8 Å². The maximum atomic E-state index is 5.74. The molecule has 2 aliphatic heterocycles. The van der Waals surface area contributed by atoms with E-state index in [0.717, 1.165) is 31.1 Å². The van der Waals surface area contributed by atoms with E-state index < -0.39 is 0 Å². The van der Waals surface area contributed by atoms with E-state index in [1.807, 2.05) is 24.3 Å². The van der Waals surface area contributed by atoms with Crippen molar-refractivity contribution in [1.29, 1.82) is 0 Å². The number of rotatable bonds is 7. The van der Waals surface area contributed by atoms with Crippen molar-refractivity contribution >= 4 is 0 Å². The van der Waals surface area contributed by atoms with Gasteiger partial charge in [-0.3, -0.25) is 0 Å². The van der Waals surface area contributed by atoms with Gasteiger partial charge in [-0.2, -0.15) is 0 Å². The van der Waals surface area contributed by atoms with E-state index in [4.69, 9.17) is 18.9 Å². The first kappa shape index (κ1) is 16.4. The Hall–Kier alpha value is -2.04. The molecular formula is C21H24O4. The van der Waals surface area contributed by atoms with Crippen molar-refractivity contribution in [3.63, 3.8) is 0 Å². The highest BCUT2D eigenvalue weighted by atomic mass is 16.7. The predicted molar refractivity (Wildman–Crippen MR) is 95.2 cm³/mol. The molecule has 0 saturated carbocycles. The molecule has 2 aliphatic rings. The molecule has 0 radical (unpaired) electrons. The Labute approximate surface area is 148 Å². The molecule has 2 aromatic rings. The maximum absolute atomic E-state index is 5.74. The largest absolute Gasteiger partial charge is 0.491 e. The van der Waals surface area contributed by atoms with Gasteiger partial charge in [0.25, 0.3) is 0 Å². The van der Waals surface area contributed by atoms with Gasteiger partial charge in [0.05, 0.1) is 13.2 Å². The second-order valence-electron chi connectivity index (χ2n) is 7.15. The summed E-state index contributed by atoms with van der Waals surface area (Å²) in [6.07, 6.45) is 1.17. The van der Waals surface area contributed by atoms with Crippen molar-refractivity contribution < 1.29 is 18.9 Å². The normalized spacial score (nSPS) is 22.2. The first-order valence-electron chi connectivity index (χ1n) is 8.85. The molecule has 132 valence electrons. The zero-order valence-corrected chi connectivity index (χ0v) is 14.7. The second kappa shape index (κ2) is 6.70. The van der Waals surface area contributed by atoms with Gasteiger partial charge in [-0.25, -0.2) is 0 Å². The Kier molecular flexibility index (Phi) is 4.40. The lowest BCUT2D eigenvalue weighted by Crippen LogP contribution is -2.32. The molecule has 0 N–H and O–H groups in total. The van der Waals surface area contributed by atoms with Crippen molar-refractivity contribution in [1.82, 2.24) is 0 Å². The Morgan fingerprint density at radius 2 is 1.48 bits per heavy atom. The summed E-state index contributed by atoms with van der Waals surface area (Å²) in [6.45, 7) is 6.70. The summed E-state index contributed by atoms with van der Waals surface area (Å²) in [7, 11) is 0. The number of ether oxygens (including phenoxy) is 4. The van der Waals surface area contributed by atoms with Crippen LogP contribution in [-0.4, -0.2) is 32.2 Å². The average Bonchev–Trinajstić information content (AvgIpc) is 3.42. The highest BCUT2D eigenvalue weighted by molar-refractivity contribution is 5.41. The van der Waals surface area contributed by atoms with Gasteiger partial charge >= 0.3 is 0 Å². The van der Waals surface area contributed by atoms with Gasteiger partial charge < -0.3 is 18.9 Å². The van der Waals surface area contributed by atoms with Gasteiger partial charge in [0.2, 0.25) is 6.29 Å². The predicted octanol–water partition coefficient (Wildman–Crippen LogP) is 3.92. The second-order valence-corrected chi connectivity index (χ2v) is 7.15. The SMILES string of the molecule is CC(C)(c1ccc(OCC2CO2)cc1)c1ccc(O[C@@H]2CCO2)cc1. The highest BCUT2D eigenvalue weighted by Gasteiger charge is 2.25. The summed E-state index contributed by atoms with van der Waals surface area (Å²) in [5.41, 5.74) is 2.40. The summed E-state index contributed by atoms with van der Waals surface area (Å²) in [5, 5.41) is 0. The molecule has 4 rings (SSSR count). The fraction of sp³-hybridized carbons (Fsp3) is 0.429. The molecule has 2 saturated heterocycles. The van der Waals surface area contributed by atoms with Crippen LogP contribution in [0.2, 0.25) is 0 Å². The van der Waals surface area contributed by atoms with E-state index in [-0.39, 0.29) is 17.8 Å². The lowest BCUT2D eigenvalue weighted by atomic mass is 9.78. The van der Waals surface area contributed by atoms with Crippen molar-refractivity contribution in [2.45, 2.75) is 38.1 Å². The smallest absolute Gasteiger partial charge is 0.202 e. The van der Waals surface area contributed by atoms with Gasteiger partial charge in [0.1, 0.15) is 24.2 Å². The van der Waals surface area contributed by atoms with E-state index in [0.29, 0.717) is 6.61 Å². The molecule has 2 fully saturated rings. The number of epoxide rings is 1. The molecule has 0 aliphatic carbocycles. The summed E-state index contributed by atoms with van der Waals surface area (Å²) in [6, 6.07) is 16.6. The molecule has 25 heavy (non-hydrogen) atoms. The fourth-order valence-electron chi connectivity index (χ4n) is 2.90. The van der Waals surface area contributed by atoms with Crippen LogP contribution < -0.4 is 9.47 Å². The van der Waals surface area contributed by atoms with Crippen LogP contribution in [0.25, 0.3) is 0 Å². The standard InChI is InChI=1S/C21H24O4/c1-21(2,15-3-7-17(8-4-15)23-13-19-14-24-19)16-5-9-18(10-6-16)25-20-11-12-22-20/h3-10,19-20H,11-14H2,1-2H3/t19?,20-/m1/s1. The number of hydrogen-bond acceptors (Lipinski definition) is 4. The third-order valence-electron chi connectivity index (χ3n) is 4.92. The molecular weight excluding hydrogens is 316 g/mol. The zero-order chi connectivity index (χ0) is 17.3. The lowest BCUT2D eigenvalue weighted by Gasteiger charge is -2.28. The van der Waals surface area contributed by atoms with Crippen LogP contribution in [0, 0.1) is 0 Å². The first-order valence-corrected chi connectivity index (χ1v) is 8.85. The molecule has 4 heteroatoms. The van der Waals surface area contributed by atoms with Gasteiger partial charge in [0, 0.05) is 11.8 Å². The Balaban J connectivity index is 1.43. The van der Waals surface area contributed by atoms with E-state index in [2.05, 4.69) is 38.1 Å². The first-order chi connectivity index (χ1) is 12.1. The minimum Gasteiger partial charge on any atom is -0.491 e. The summed E-state index contributed by atoms with van der Waals surface area (Å²) in [5.74, 6) is 1.74. The zero-order valence-electron chi connectivity index (χ0n) is 14.7. The minimum absolute atomic E-state index is 0.0764. The van der Waals surface area contributed by atoms with Crippen molar-refractivity contribution in [3.05, 3.63) is 59.7 Å². The van der Waals surface area contributed by atoms with Gasteiger partial charge in [-0.1, -0.05) is 38.1 Å². The third kappa shape index (κ3) is 3.80. The minimum atomic E-state index is -0.0936. The highest BCUT2D eigenvalue weighted by Crippen LogP contribution is 2.33. The molecule has 2 atom stereocenters. The van der Waals surface area contributed by atoms with Crippen LogP contribution in [0.1, 0.15) is 31.4 Å². The van der Waals surface area contributed by atoms with Gasteiger partial charge in [-0.05, 0) is 35.4 Å². The van der Waals surface area contributed by atoms with Crippen LogP contribution in [0.3, 0.4) is 0 Å². The van der Waals surface area contributed by atoms with Gasteiger partial charge in [0.15, 0.2) is 0 Å². The van der Waals surface area contributed by atoms with Crippen LogP contribution >= 0.6 is 0 Å². The van der Waals surface area contributed by atoms with Crippen LogP contribution in [0.5, 0.6) is 11.5 Å². The quantitative estimate of drug-likeness (QED) is 0.717. The monoisotopic (exact) mass is 340 g/mol. The van der Waals surface area contributed by atoms with E-state index in [1.54, 1.807) is 0 Å². The van der Waals surface area contributed by atoms with E-state index >= 15 is 0 Å². The van der Waals surface area contributed by atoms with Crippen LogP contribution in [0.15, 0.2) is 48.5 Å². The molecule has 0 amide bonds. The summed E-state index contributed by atoms with van der Waals surface area (Å²) in [4.78, 5) is 0. The van der Waals surface area contributed by atoms with Crippen molar-refractivity contribution in [2.24, 2.45) is 0 Å². The summed E-state index contributed by atoms with van der Waals surface area (Å²) >= 11 is 0. The number of hydrogen-bond donors (Lipinski definition) is 0. The molecule has 2 aromatic carbocycles. The maximum Gasteiger partial charge on any atom is 0.202 e. The van der Waals surface area contributed by atoms with Crippen LogP contribution in [-0.2, 0) is 14.9 Å². The molecule has 0 bridgehead atoms. The molecule has 4 nitrogen and oxygen atoms in total. The van der Waals surface area contributed by atoms with E-state index in [9.17, 15) is 0 Å². The number of benzene rings is 2. The fourth-order valence-corrected chi connectivity index (χ4v) is 2.90. The van der Waals surface area contributed by atoms with Crippen LogP contribution in [0.4, 0.5) is 0 Å².